The lowest BCUT2D eigenvalue weighted by Crippen LogP contribution is -2.20. The SMILES string of the molecule is CCn1cnnc1CN(C)Cc1nc(COC)no1. The zero-order valence-electron chi connectivity index (χ0n) is 11.4. The highest BCUT2D eigenvalue weighted by molar-refractivity contribution is 4.88. The summed E-state index contributed by atoms with van der Waals surface area (Å²) in [5.41, 5.74) is 0. The predicted octanol–water partition coefficient (Wildman–Crippen LogP) is 0.459. The molecule has 0 saturated carbocycles. The van der Waals surface area contributed by atoms with Crippen LogP contribution in [-0.2, 0) is 31.0 Å². The molecule has 8 heteroatoms. The smallest absolute Gasteiger partial charge is 0.240 e. The third-order valence-corrected chi connectivity index (χ3v) is 2.64. The predicted molar refractivity (Wildman–Crippen MR) is 65.9 cm³/mol. The number of hydrogen-bond acceptors (Lipinski definition) is 7. The van der Waals surface area contributed by atoms with Gasteiger partial charge >= 0.3 is 0 Å². The van der Waals surface area contributed by atoms with Gasteiger partial charge < -0.3 is 13.8 Å². The number of nitrogens with zero attached hydrogens (tertiary/aromatic N) is 6. The van der Waals surface area contributed by atoms with Crippen molar-refractivity contribution in [3.63, 3.8) is 0 Å². The van der Waals surface area contributed by atoms with Gasteiger partial charge in [0.1, 0.15) is 18.8 Å². The van der Waals surface area contributed by atoms with Crippen molar-refractivity contribution >= 4 is 0 Å². The van der Waals surface area contributed by atoms with Gasteiger partial charge in [0.25, 0.3) is 0 Å². The standard InChI is InChI=1S/C11H18N6O2/c1-4-17-8-12-14-10(17)5-16(2)6-11-13-9(7-18-3)15-19-11/h8H,4-7H2,1-3H3. The van der Waals surface area contributed by atoms with E-state index in [0.717, 1.165) is 12.4 Å². The van der Waals surface area contributed by atoms with Crippen LogP contribution in [0.25, 0.3) is 0 Å². The summed E-state index contributed by atoms with van der Waals surface area (Å²) in [6.07, 6.45) is 1.73. The Bertz CT molecular complexity index is 509. The van der Waals surface area contributed by atoms with Gasteiger partial charge in [-0.15, -0.1) is 10.2 Å². The minimum Gasteiger partial charge on any atom is -0.377 e. The zero-order valence-corrected chi connectivity index (χ0v) is 11.4. The van der Waals surface area contributed by atoms with Crippen LogP contribution >= 0.6 is 0 Å². The Morgan fingerprint density at radius 3 is 3.00 bits per heavy atom. The summed E-state index contributed by atoms with van der Waals surface area (Å²) in [5.74, 6) is 2.04. The van der Waals surface area contributed by atoms with Crippen LogP contribution in [-0.4, -0.2) is 44.0 Å². The Labute approximate surface area is 111 Å². The van der Waals surface area contributed by atoms with Gasteiger partial charge in [-0.25, -0.2) is 0 Å². The van der Waals surface area contributed by atoms with Crippen LogP contribution in [0.5, 0.6) is 0 Å². The minimum absolute atomic E-state index is 0.359. The van der Waals surface area contributed by atoms with Crippen molar-refractivity contribution in [3.8, 4) is 0 Å². The molecule has 0 aliphatic rings. The van der Waals surface area contributed by atoms with E-state index < -0.39 is 0 Å². The van der Waals surface area contributed by atoms with Crippen LogP contribution < -0.4 is 0 Å². The third-order valence-electron chi connectivity index (χ3n) is 2.64. The summed E-state index contributed by atoms with van der Waals surface area (Å²) in [6, 6.07) is 0. The molecular formula is C11H18N6O2. The molecule has 0 spiro atoms. The molecule has 0 aromatic carbocycles. The van der Waals surface area contributed by atoms with Crippen LogP contribution in [0.4, 0.5) is 0 Å². The Kier molecular flexibility index (Phi) is 4.58. The first-order valence-electron chi connectivity index (χ1n) is 6.08. The molecule has 19 heavy (non-hydrogen) atoms. The second kappa shape index (κ2) is 6.39. The van der Waals surface area contributed by atoms with Crippen molar-refractivity contribution in [2.45, 2.75) is 33.2 Å². The number of hydrogen-bond donors (Lipinski definition) is 0. The average molecular weight is 266 g/mol. The summed E-state index contributed by atoms with van der Waals surface area (Å²) in [6.45, 7) is 4.51. The number of rotatable bonds is 7. The van der Waals surface area contributed by atoms with Gasteiger partial charge in [-0.3, -0.25) is 4.90 Å². The van der Waals surface area contributed by atoms with Crippen molar-refractivity contribution < 1.29 is 9.26 Å². The van der Waals surface area contributed by atoms with E-state index in [1.54, 1.807) is 13.4 Å². The lowest BCUT2D eigenvalue weighted by Gasteiger charge is -2.13. The summed E-state index contributed by atoms with van der Waals surface area (Å²) in [5, 5.41) is 11.8. The first-order chi connectivity index (χ1) is 9.22. The van der Waals surface area contributed by atoms with Gasteiger partial charge in [0.05, 0.1) is 13.1 Å². The fourth-order valence-electron chi connectivity index (χ4n) is 1.74. The second-order valence-corrected chi connectivity index (χ2v) is 4.24. The van der Waals surface area contributed by atoms with Crippen LogP contribution in [0.2, 0.25) is 0 Å². The highest BCUT2D eigenvalue weighted by Gasteiger charge is 2.11. The molecule has 0 saturated heterocycles. The molecule has 0 atom stereocenters. The van der Waals surface area contributed by atoms with E-state index in [-0.39, 0.29) is 0 Å². The van der Waals surface area contributed by atoms with E-state index in [1.807, 2.05) is 16.5 Å². The molecule has 0 radical (unpaired) electrons. The maximum absolute atomic E-state index is 5.14. The fourth-order valence-corrected chi connectivity index (χ4v) is 1.74. The molecule has 104 valence electrons. The molecule has 2 heterocycles. The molecule has 0 bridgehead atoms. The number of methoxy groups -OCH3 is 1. The maximum atomic E-state index is 5.14. The third kappa shape index (κ3) is 3.58. The molecule has 2 aromatic rings. The highest BCUT2D eigenvalue weighted by Crippen LogP contribution is 2.05. The van der Waals surface area contributed by atoms with E-state index in [2.05, 4.69) is 27.3 Å². The normalized spacial score (nSPS) is 11.4. The van der Waals surface area contributed by atoms with Crippen LogP contribution in [0.1, 0.15) is 24.5 Å². The summed E-state index contributed by atoms with van der Waals surface area (Å²) in [4.78, 5) is 6.27. The van der Waals surface area contributed by atoms with E-state index >= 15 is 0 Å². The Hall–Kier alpha value is -1.80. The quantitative estimate of drug-likeness (QED) is 0.720. The molecular weight excluding hydrogens is 248 g/mol. The average Bonchev–Trinajstić information content (AvgIpc) is 2.99. The molecule has 0 aliphatic heterocycles. The van der Waals surface area contributed by atoms with E-state index in [0.29, 0.717) is 31.4 Å². The van der Waals surface area contributed by atoms with Gasteiger partial charge in [0.15, 0.2) is 5.82 Å². The molecule has 2 rings (SSSR count). The first-order valence-corrected chi connectivity index (χ1v) is 6.08. The van der Waals surface area contributed by atoms with Crippen molar-refractivity contribution in [1.82, 2.24) is 29.8 Å². The van der Waals surface area contributed by atoms with Crippen LogP contribution in [0.3, 0.4) is 0 Å². The fraction of sp³-hybridized carbons (Fsp3) is 0.636. The van der Waals surface area contributed by atoms with E-state index in [4.69, 9.17) is 9.26 Å². The summed E-state index contributed by atoms with van der Waals surface area (Å²) < 4.78 is 12.1. The number of ether oxygens (including phenoxy) is 1. The van der Waals surface area contributed by atoms with Crippen LogP contribution in [0.15, 0.2) is 10.9 Å². The Balaban J connectivity index is 1.91. The van der Waals surface area contributed by atoms with Crippen molar-refractivity contribution in [3.05, 3.63) is 23.9 Å². The largest absolute Gasteiger partial charge is 0.377 e. The lowest BCUT2D eigenvalue weighted by molar-refractivity contribution is 0.174. The first kappa shape index (κ1) is 13.6. The molecule has 8 nitrogen and oxygen atoms in total. The molecule has 0 N–H and O–H groups in total. The summed E-state index contributed by atoms with van der Waals surface area (Å²) in [7, 11) is 3.56. The van der Waals surface area contributed by atoms with Gasteiger partial charge in [-0.05, 0) is 14.0 Å². The zero-order chi connectivity index (χ0) is 13.7. The molecule has 0 unspecified atom stereocenters. The van der Waals surface area contributed by atoms with Gasteiger partial charge in [0, 0.05) is 13.7 Å². The highest BCUT2D eigenvalue weighted by atomic mass is 16.5. The van der Waals surface area contributed by atoms with Crippen LogP contribution in [0, 0.1) is 0 Å². The number of aromatic nitrogens is 5. The van der Waals surface area contributed by atoms with E-state index in [9.17, 15) is 0 Å². The van der Waals surface area contributed by atoms with Crippen molar-refractivity contribution in [1.29, 1.82) is 0 Å². The Morgan fingerprint density at radius 2 is 2.26 bits per heavy atom. The minimum atomic E-state index is 0.359. The lowest BCUT2D eigenvalue weighted by atomic mass is 10.4. The summed E-state index contributed by atoms with van der Waals surface area (Å²) >= 11 is 0. The van der Waals surface area contributed by atoms with Gasteiger partial charge in [-0.2, -0.15) is 4.98 Å². The molecule has 0 aliphatic carbocycles. The molecule has 0 fully saturated rings. The topological polar surface area (TPSA) is 82.1 Å². The monoisotopic (exact) mass is 266 g/mol. The number of aryl methyl sites for hydroxylation is 1. The van der Waals surface area contributed by atoms with Gasteiger partial charge in [-0.1, -0.05) is 5.16 Å². The molecule has 2 aromatic heterocycles. The maximum Gasteiger partial charge on any atom is 0.240 e. The van der Waals surface area contributed by atoms with Crippen molar-refractivity contribution in [2.24, 2.45) is 0 Å². The Morgan fingerprint density at radius 1 is 1.42 bits per heavy atom. The van der Waals surface area contributed by atoms with Gasteiger partial charge in [0.2, 0.25) is 5.89 Å². The van der Waals surface area contributed by atoms with E-state index in [1.165, 1.54) is 0 Å². The molecule has 0 amide bonds. The second-order valence-electron chi connectivity index (χ2n) is 4.24. The van der Waals surface area contributed by atoms with Crippen molar-refractivity contribution in [2.75, 3.05) is 14.2 Å².